The molecule has 0 radical (unpaired) electrons. The van der Waals surface area contributed by atoms with E-state index in [0.717, 1.165) is 16.7 Å². The third-order valence-corrected chi connectivity index (χ3v) is 6.14. The molecule has 1 N–H and O–H groups in total. The van der Waals surface area contributed by atoms with Crippen LogP contribution in [-0.2, 0) is 21.7 Å². The van der Waals surface area contributed by atoms with E-state index in [4.69, 9.17) is 16.3 Å². The molecular formula is C25H27ClN2O3. The quantitative estimate of drug-likeness (QED) is 0.664. The molecule has 0 aliphatic carbocycles. The Hall–Kier alpha value is -2.79. The van der Waals surface area contributed by atoms with Crippen LogP contribution in [0.4, 0.5) is 4.79 Å². The van der Waals surface area contributed by atoms with Crippen LogP contribution in [0.2, 0.25) is 5.02 Å². The number of hydrogen-bond acceptors (Lipinski definition) is 3. The Balaban J connectivity index is 1.60. The fraction of sp³-hybridized carbons (Fsp3) is 0.360. The molecule has 0 bridgehead atoms. The Morgan fingerprint density at radius 1 is 1.19 bits per heavy atom. The second kappa shape index (κ2) is 8.75. The maximum Gasteiger partial charge on any atom is 0.335 e. The maximum absolute atomic E-state index is 12.9. The van der Waals surface area contributed by atoms with Crippen molar-refractivity contribution < 1.29 is 14.3 Å². The van der Waals surface area contributed by atoms with E-state index in [-0.39, 0.29) is 17.9 Å². The third kappa shape index (κ3) is 4.33. The summed E-state index contributed by atoms with van der Waals surface area (Å²) in [5, 5.41) is 3.59. The number of esters is 1. The largest absolute Gasteiger partial charge is 0.446 e. The molecule has 1 atom stereocenters. The molecule has 0 saturated heterocycles. The SMILES string of the molecule is CC(C)CC1(c2cccc(Cl)c2)OC(=O)C2=C1CN(C(=O)NCc1ccccc1)CC2. The molecule has 0 spiro atoms. The molecule has 0 aromatic heterocycles. The maximum atomic E-state index is 12.9. The number of nitrogens with one attached hydrogen (secondary N) is 1. The Kier molecular flexibility index (Phi) is 6.05. The first kappa shape index (κ1) is 21.4. The van der Waals surface area contributed by atoms with Crippen molar-refractivity contribution >= 4 is 23.6 Å². The number of hydrogen-bond donors (Lipinski definition) is 1. The molecule has 2 aromatic carbocycles. The van der Waals surface area contributed by atoms with Gasteiger partial charge in [-0.1, -0.05) is 67.9 Å². The van der Waals surface area contributed by atoms with Gasteiger partial charge in [-0.3, -0.25) is 0 Å². The fourth-order valence-electron chi connectivity index (χ4n) is 4.53. The van der Waals surface area contributed by atoms with Gasteiger partial charge in [-0.05, 0) is 36.5 Å². The van der Waals surface area contributed by atoms with Crippen molar-refractivity contribution in [3.8, 4) is 0 Å². The first-order chi connectivity index (χ1) is 14.9. The minimum absolute atomic E-state index is 0.140. The lowest BCUT2D eigenvalue weighted by atomic mass is 9.77. The summed E-state index contributed by atoms with van der Waals surface area (Å²) in [6.07, 6.45) is 1.13. The summed E-state index contributed by atoms with van der Waals surface area (Å²) < 4.78 is 6.08. The minimum Gasteiger partial charge on any atom is -0.446 e. The van der Waals surface area contributed by atoms with Crippen LogP contribution in [0.15, 0.2) is 65.7 Å². The van der Waals surface area contributed by atoms with Crippen molar-refractivity contribution in [1.82, 2.24) is 10.2 Å². The van der Waals surface area contributed by atoms with E-state index >= 15 is 0 Å². The summed E-state index contributed by atoms with van der Waals surface area (Å²) in [6, 6.07) is 17.2. The monoisotopic (exact) mass is 438 g/mol. The summed E-state index contributed by atoms with van der Waals surface area (Å²) in [6.45, 7) is 5.52. The summed E-state index contributed by atoms with van der Waals surface area (Å²) in [7, 11) is 0. The van der Waals surface area contributed by atoms with Crippen molar-refractivity contribution in [3.63, 3.8) is 0 Å². The highest BCUT2D eigenvalue weighted by atomic mass is 35.5. The first-order valence-electron chi connectivity index (χ1n) is 10.7. The van der Waals surface area contributed by atoms with E-state index in [2.05, 4.69) is 19.2 Å². The topological polar surface area (TPSA) is 58.6 Å². The number of cyclic esters (lactones) is 1. The summed E-state index contributed by atoms with van der Waals surface area (Å²) in [5.41, 5.74) is 2.60. The zero-order chi connectivity index (χ0) is 22.0. The molecule has 6 heteroatoms. The molecule has 2 aliphatic heterocycles. The molecular weight excluding hydrogens is 412 g/mol. The number of carbonyl (C=O) groups is 2. The van der Waals surface area contributed by atoms with Crippen LogP contribution < -0.4 is 5.32 Å². The molecule has 4 rings (SSSR count). The predicted octanol–water partition coefficient (Wildman–Crippen LogP) is 5.05. The number of nitrogens with zero attached hydrogens (tertiary/aromatic N) is 1. The first-order valence-corrected chi connectivity index (χ1v) is 11.1. The van der Waals surface area contributed by atoms with Crippen molar-refractivity contribution in [2.24, 2.45) is 5.92 Å². The summed E-state index contributed by atoms with van der Waals surface area (Å²) in [4.78, 5) is 27.5. The lowest BCUT2D eigenvalue weighted by Gasteiger charge is -2.37. The lowest BCUT2D eigenvalue weighted by Crippen LogP contribution is -2.46. The van der Waals surface area contributed by atoms with Gasteiger partial charge < -0.3 is 15.0 Å². The summed E-state index contributed by atoms with van der Waals surface area (Å²) >= 11 is 6.28. The van der Waals surface area contributed by atoms with Gasteiger partial charge in [0.05, 0.1) is 0 Å². The van der Waals surface area contributed by atoms with Gasteiger partial charge in [0.1, 0.15) is 0 Å². The average molecular weight is 439 g/mol. The molecule has 2 amide bonds. The van der Waals surface area contributed by atoms with E-state index in [1.54, 1.807) is 4.90 Å². The third-order valence-electron chi connectivity index (χ3n) is 5.91. The van der Waals surface area contributed by atoms with Gasteiger partial charge in [0.2, 0.25) is 0 Å². The second-order valence-electron chi connectivity index (χ2n) is 8.60. The highest BCUT2D eigenvalue weighted by Crippen LogP contribution is 2.48. The molecule has 162 valence electrons. The van der Waals surface area contributed by atoms with Crippen molar-refractivity contribution in [1.29, 1.82) is 0 Å². The lowest BCUT2D eigenvalue weighted by molar-refractivity contribution is -0.149. The Bertz CT molecular complexity index is 1020. The van der Waals surface area contributed by atoms with Gasteiger partial charge in [0.15, 0.2) is 5.60 Å². The standard InChI is InChI=1S/C25H27ClN2O3/c1-17(2)14-25(19-9-6-10-20(26)13-19)22-16-28(12-11-21(22)23(29)31-25)24(30)27-15-18-7-4-3-5-8-18/h3-10,13,17H,11-12,14-16H2,1-2H3,(H,27,30). The van der Waals surface area contributed by atoms with Crippen LogP contribution >= 0.6 is 11.6 Å². The molecule has 5 nitrogen and oxygen atoms in total. The zero-order valence-electron chi connectivity index (χ0n) is 17.9. The normalized spacial score (nSPS) is 20.6. The molecule has 2 aliphatic rings. The predicted molar refractivity (Wildman–Crippen MR) is 121 cm³/mol. The number of rotatable bonds is 5. The van der Waals surface area contributed by atoms with Crippen LogP contribution in [0.1, 0.15) is 37.8 Å². The highest BCUT2D eigenvalue weighted by Gasteiger charge is 2.51. The minimum atomic E-state index is -0.885. The van der Waals surface area contributed by atoms with E-state index in [1.807, 2.05) is 54.6 Å². The number of halogens is 1. The van der Waals surface area contributed by atoms with Gasteiger partial charge >= 0.3 is 12.0 Å². The molecule has 0 fully saturated rings. The average Bonchev–Trinajstić information content (AvgIpc) is 3.04. The van der Waals surface area contributed by atoms with Gasteiger partial charge in [-0.2, -0.15) is 0 Å². The van der Waals surface area contributed by atoms with E-state index in [9.17, 15) is 9.59 Å². The molecule has 0 saturated carbocycles. The van der Waals surface area contributed by atoms with Crippen molar-refractivity contribution in [2.45, 2.75) is 38.8 Å². The van der Waals surface area contributed by atoms with Crippen LogP contribution in [0.25, 0.3) is 0 Å². The van der Waals surface area contributed by atoms with Gasteiger partial charge in [-0.25, -0.2) is 9.59 Å². The Morgan fingerprint density at radius 2 is 1.97 bits per heavy atom. The van der Waals surface area contributed by atoms with Crippen LogP contribution in [0.5, 0.6) is 0 Å². The molecule has 1 unspecified atom stereocenters. The van der Waals surface area contributed by atoms with E-state index in [0.29, 0.717) is 43.1 Å². The van der Waals surface area contributed by atoms with Crippen molar-refractivity contribution in [3.05, 3.63) is 81.9 Å². The summed E-state index contributed by atoms with van der Waals surface area (Å²) in [5.74, 6) is 0.000819. The van der Waals surface area contributed by atoms with Gasteiger partial charge in [-0.15, -0.1) is 0 Å². The fourth-order valence-corrected chi connectivity index (χ4v) is 4.72. The van der Waals surface area contributed by atoms with E-state index < -0.39 is 5.60 Å². The molecule has 2 heterocycles. The van der Waals surface area contributed by atoms with Crippen LogP contribution in [0.3, 0.4) is 0 Å². The second-order valence-corrected chi connectivity index (χ2v) is 9.03. The van der Waals surface area contributed by atoms with Gasteiger partial charge in [0.25, 0.3) is 0 Å². The Morgan fingerprint density at radius 3 is 2.68 bits per heavy atom. The number of carbonyl (C=O) groups excluding carboxylic acids is 2. The number of ether oxygens (including phenoxy) is 1. The van der Waals surface area contributed by atoms with Gasteiger partial charge in [0, 0.05) is 41.4 Å². The molecule has 2 aromatic rings. The number of urea groups is 1. The number of amides is 2. The van der Waals surface area contributed by atoms with Crippen LogP contribution in [-0.4, -0.2) is 30.0 Å². The van der Waals surface area contributed by atoms with Crippen LogP contribution in [0, 0.1) is 5.92 Å². The number of benzene rings is 2. The molecule has 31 heavy (non-hydrogen) atoms. The highest BCUT2D eigenvalue weighted by molar-refractivity contribution is 6.30. The van der Waals surface area contributed by atoms with E-state index in [1.165, 1.54) is 0 Å². The smallest absolute Gasteiger partial charge is 0.335 e. The Labute approximate surface area is 188 Å². The zero-order valence-corrected chi connectivity index (χ0v) is 18.6. The van der Waals surface area contributed by atoms with Crippen molar-refractivity contribution in [2.75, 3.05) is 13.1 Å².